The molecule has 2 heteroatoms. The zero-order valence-corrected chi connectivity index (χ0v) is 16.4. The van der Waals surface area contributed by atoms with Gasteiger partial charge in [0.25, 0.3) is 0 Å². The Morgan fingerprint density at radius 3 is 1.87 bits per heavy atom. The van der Waals surface area contributed by atoms with Crippen molar-refractivity contribution >= 4 is 12.6 Å². The van der Waals surface area contributed by atoms with Gasteiger partial charge < -0.3 is 4.74 Å². The van der Waals surface area contributed by atoms with Crippen molar-refractivity contribution in [2.24, 2.45) is 5.92 Å². The first-order chi connectivity index (χ1) is 11.3. The molecule has 0 aliphatic carbocycles. The molecule has 0 saturated heterocycles. The summed E-state index contributed by atoms with van der Waals surface area (Å²) in [6.45, 7) is 7.70. The Morgan fingerprint density at radius 2 is 1.35 bits per heavy atom. The fourth-order valence-corrected chi connectivity index (χ4v) is 2.74. The normalized spacial score (nSPS) is 12.8. The second kappa shape index (κ2) is 19.8. The van der Waals surface area contributed by atoms with Crippen LogP contribution in [0, 0.1) is 5.92 Å². The van der Waals surface area contributed by atoms with E-state index in [0.29, 0.717) is 5.92 Å². The molecular formula is C21H40OS. The van der Waals surface area contributed by atoms with Crippen molar-refractivity contribution in [2.75, 3.05) is 19.0 Å². The van der Waals surface area contributed by atoms with E-state index in [1.165, 1.54) is 77.0 Å². The van der Waals surface area contributed by atoms with Crippen molar-refractivity contribution in [1.29, 1.82) is 0 Å². The van der Waals surface area contributed by atoms with Crippen molar-refractivity contribution in [2.45, 2.75) is 84.0 Å². The summed E-state index contributed by atoms with van der Waals surface area (Å²) in [4.78, 5) is 0. The van der Waals surface area contributed by atoms with Crippen molar-refractivity contribution in [3.05, 3.63) is 24.8 Å². The Hall–Kier alpha value is -0.210. The summed E-state index contributed by atoms with van der Waals surface area (Å²) in [6, 6.07) is 0. The molecule has 23 heavy (non-hydrogen) atoms. The van der Waals surface area contributed by atoms with Gasteiger partial charge in [0.05, 0.1) is 6.61 Å². The third-order valence-corrected chi connectivity index (χ3v) is 4.39. The molecule has 0 aromatic heterocycles. The number of hydrogen-bond acceptors (Lipinski definition) is 2. The quantitative estimate of drug-likeness (QED) is 0.161. The smallest absolute Gasteiger partial charge is 0.0554 e. The number of rotatable bonds is 18. The summed E-state index contributed by atoms with van der Waals surface area (Å²) in [5.74, 6) is 1.36. The number of unbranched alkanes of at least 4 members (excludes halogenated alkanes) is 11. The Bertz CT molecular complexity index is 263. The average Bonchev–Trinajstić information content (AvgIpc) is 2.57. The van der Waals surface area contributed by atoms with E-state index in [-0.39, 0.29) is 0 Å². The monoisotopic (exact) mass is 340 g/mol. The molecule has 0 fully saturated rings. The summed E-state index contributed by atoms with van der Waals surface area (Å²) in [6.07, 6.45) is 22.9. The van der Waals surface area contributed by atoms with E-state index >= 15 is 0 Å². The Kier molecular flexibility index (Phi) is 19.7. The summed E-state index contributed by atoms with van der Waals surface area (Å²) in [7, 11) is 0. The van der Waals surface area contributed by atoms with Crippen LogP contribution in [-0.2, 0) is 4.74 Å². The predicted molar refractivity (Wildman–Crippen MR) is 109 cm³/mol. The fourth-order valence-electron chi connectivity index (χ4n) is 2.61. The molecule has 0 saturated carbocycles. The Balaban J connectivity index is 3.05. The highest BCUT2D eigenvalue weighted by molar-refractivity contribution is 7.80. The van der Waals surface area contributed by atoms with E-state index < -0.39 is 0 Å². The first kappa shape index (κ1) is 22.8. The van der Waals surface area contributed by atoms with Crippen molar-refractivity contribution < 1.29 is 4.74 Å². The molecule has 0 heterocycles. The molecule has 0 aromatic carbocycles. The molecule has 1 unspecified atom stereocenters. The van der Waals surface area contributed by atoms with E-state index in [0.717, 1.165) is 19.0 Å². The van der Waals surface area contributed by atoms with Crippen LogP contribution in [-0.4, -0.2) is 19.0 Å². The second-order valence-corrected chi connectivity index (χ2v) is 6.98. The van der Waals surface area contributed by atoms with E-state index in [1.807, 2.05) is 6.08 Å². The minimum atomic E-state index is 0.524. The highest BCUT2D eigenvalue weighted by atomic mass is 32.1. The molecule has 0 aliphatic rings. The zero-order valence-electron chi connectivity index (χ0n) is 15.5. The Labute approximate surface area is 151 Å². The van der Waals surface area contributed by atoms with Crippen LogP contribution >= 0.6 is 12.6 Å². The zero-order chi connectivity index (χ0) is 17.0. The van der Waals surface area contributed by atoms with Gasteiger partial charge in [-0.2, -0.15) is 12.6 Å². The average molecular weight is 341 g/mol. The minimum Gasteiger partial charge on any atom is -0.381 e. The van der Waals surface area contributed by atoms with Crippen LogP contribution in [0.15, 0.2) is 24.8 Å². The van der Waals surface area contributed by atoms with Gasteiger partial charge in [-0.25, -0.2) is 0 Å². The molecule has 0 aliphatic heterocycles. The van der Waals surface area contributed by atoms with Gasteiger partial charge in [0.1, 0.15) is 0 Å². The van der Waals surface area contributed by atoms with Gasteiger partial charge in [0.2, 0.25) is 0 Å². The summed E-state index contributed by atoms with van der Waals surface area (Å²) in [5, 5.41) is 0. The second-order valence-electron chi connectivity index (χ2n) is 6.54. The molecular weight excluding hydrogens is 300 g/mol. The number of hydrogen-bond donors (Lipinski definition) is 1. The highest BCUT2D eigenvalue weighted by Gasteiger charge is 1.94. The largest absolute Gasteiger partial charge is 0.381 e. The maximum atomic E-state index is 5.42. The maximum absolute atomic E-state index is 5.42. The summed E-state index contributed by atoms with van der Waals surface area (Å²) >= 11 is 4.13. The van der Waals surface area contributed by atoms with Crippen LogP contribution < -0.4 is 0 Å². The maximum Gasteiger partial charge on any atom is 0.0554 e. The highest BCUT2D eigenvalue weighted by Crippen LogP contribution is 2.12. The third-order valence-electron chi connectivity index (χ3n) is 4.21. The van der Waals surface area contributed by atoms with Gasteiger partial charge in [-0.1, -0.05) is 82.9 Å². The van der Waals surface area contributed by atoms with Gasteiger partial charge in [-0.3, -0.25) is 0 Å². The van der Waals surface area contributed by atoms with Crippen LogP contribution in [0.25, 0.3) is 0 Å². The summed E-state index contributed by atoms with van der Waals surface area (Å²) < 4.78 is 5.42. The van der Waals surface area contributed by atoms with Crippen LogP contribution in [0.5, 0.6) is 0 Å². The molecule has 1 nitrogen and oxygen atoms in total. The number of ether oxygens (including phenoxy) is 1. The molecule has 0 spiro atoms. The van der Waals surface area contributed by atoms with E-state index in [1.54, 1.807) is 0 Å². The number of allylic oxidation sites excluding steroid dienone is 3. The molecule has 0 bridgehead atoms. The van der Waals surface area contributed by atoms with E-state index in [9.17, 15) is 0 Å². The lowest BCUT2D eigenvalue weighted by Crippen LogP contribution is -1.97. The van der Waals surface area contributed by atoms with Crippen LogP contribution in [0.3, 0.4) is 0 Å². The molecule has 0 radical (unpaired) electrons. The van der Waals surface area contributed by atoms with Gasteiger partial charge in [0, 0.05) is 12.4 Å². The fraction of sp³-hybridized carbons (Fsp3) is 0.810. The molecule has 136 valence electrons. The van der Waals surface area contributed by atoms with Gasteiger partial charge in [-0.15, -0.1) is 6.58 Å². The third kappa shape index (κ3) is 19.7. The molecule has 0 aromatic rings. The van der Waals surface area contributed by atoms with Crippen LogP contribution in [0.1, 0.15) is 84.0 Å². The van der Waals surface area contributed by atoms with Crippen molar-refractivity contribution in [1.82, 2.24) is 0 Å². The van der Waals surface area contributed by atoms with Crippen LogP contribution in [0.2, 0.25) is 0 Å². The SMILES string of the molecule is C=CC(C)/C=C/CCCCCCCCCCCCCOCCS. The Morgan fingerprint density at radius 1 is 0.826 bits per heavy atom. The first-order valence-corrected chi connectivity index (χ1v) is 10.4. The van der Waals surface area contributed by atoms with Crippen molar-refractivity contribution in [3.8, 4) is 0 Å². The predicted octanol–water partition coefficient (Wildman–Crippen LogP) is 6.99. The lowest BCUT2D eigenvalue weighted by molar-refractivity contribution is 0.145. The molecule has 1 atom stereocenters. The lowest BCUT2D eigenvalue weighted by atomic mass is 10.0. The number of thiol groups is 1. The summed E-state index contributed by atoms with van der Waals surface area (Å²) in [5.41, 5.74) is 0. The van der Waals surface area contributed by atoms with E-state index in [2.05, 4.69) is 38.3 Å². The van der Waals surface area contributed by atoms with Crippen LogP contribution in [0.4, 0.5) is 0 Å². The van der Waals surface area contributed by atoms with E-state index in [4.69, 9.17) is 4.74 Å². The molecule has 0 amide bonds. The minimum absolute atomic E-state index is 0.524. The van der Waals surface area contributed by atoms with Gasteiger partial charge >= 0.3 is 0 Å². The molecule has 0 rings (SSSR count). The molecule has 0 N–H and O–H groups in total. The standard InChI is InChI=1S/C21H40OS/c1-3-21(2)17-15-13-11-9-7-5-4-6-8-10-12-14-16-18-22-19-20-23/h3,15,17,21,23H,1,4-14,16,18-20H2,2H3/b17-15+. The van der Waals surface area contributed by atoms with Gasteiger partial charge in [0.15, 0.2) is 0 Å². The first-order valence-electron chi connectivity index (χ1n) is 9.79. The van der Waals surface area contributed by atoms with Gasteiger partial charge in [-0.05, 0) is 25.2 Å². The lowest BCUT2D eigenvalue weighted by Gasteiger charge is -2.03. The van der Waals surface area contributed by atoms with Crippen molar-refractivity contribution in [3.63, 3.8) is 0 Å². The topological polar surface area (TPSA) is 9.23 Å².